The maximum atomic E-state index is 13.1. The summed E-state index contributed by atoms with van der Waals surface area (Å²) < 4.78 is 68.3. The van der Waals surface area contributed by atoms with Gasteiger partial charge >= 0.3 is 39.5 Å². The van der Waals surface area contributed by atoms with E-state index in [1.165, 1.54) is 199 Å². The molecule has 0 bridgehead atoms. The maximum Gasteiger partial charge on any atom is 0.472 e. The molecule has 0 aliphatic carbocycles. The molecule has 0 spiro atoms. The van der Waals surface area contributed by atoms with E-state index in [-0.39, 0.29) is 25.7 Å². The minimum absolute atomic E-state index is 0.105. The van der Waals surface area contributed by atoms with Gasteiger partial charge in [0.1, 0.15) is 19.3 Å². The minimum Gasteiger partial charge on any atom is -0.462 e. The Morgan fingerprint density at radius 3 is 0.809 bits per heavy atom. The van der Waals surface area contributed by atoms with Crippen molar-refractivity contribution in [2.75, 3.05) is 39.6 Å². The van der Waals surface area contributed by atoms with Gasteiger partial charge in [-0.05, 0) is 37.5 Å². The first-order chi connectivity index (χ1) is 45.4. The SMILES string of the molecule is CCCCCCCCCCCCCCCCCCCCC(=O)OC[C@H](COP(=O)(O)OC[C@@H](O)COP(=O)(O)OC[C@@H](COC(=O)CCCCCCC)OC(=O)CCCCCCCCCCCCC(C)C)OC(=O)CCCCCCCCCCCCCCCCC(C)CC. The maximum absolute atomic E-state index is 13.1. The molecule has 558 valence electrons. The van der Waals surface area contributed by atoms with Crippen molar-refractivity contribution in [3.63, 3.8) is 0 Å². The van der Waals surface area contributed by atoms with Crippen LogP contribution in [0, 0.1) is 11.8 Å². The monoisotopic (exact) mass is 1380 g/mol. The predicted molar refractivity (Wildman–Crippen MR) is 381 cm³/mol. The van der Waals surface area contributed by atoms with E-state index < -0.39 is 97.5 Å². The summed E-state index contributed by atoms with van der Waals surface area (Å²) in [5.74, 6) is -0.530. The number of hydrogen-bond acceptors (Lipinski definition) is 15. The van der Waals surface area contributed by atoms with Gasteiger partial charge in [0.2, 0.25) is 0 Å². The third kappa shape index (κ3) is 67.3. The third-order valence-corrected chi connectivity index (χ3v) is 19.7. The van der Waals surface area contributed by atoms with Gasteiger partial charge in [-0.2, -0.15) is 0 Å². The number of aliphatic hydroxyl groups is 1. The lowest BCUT2D eigenvalue weighted by molar-refractivity contribution is -0.161. The summed E-state index contributed by atoms with van der Waals surface area (Å²) in [6.07, 6.45) is 54.5. The van der Waals surface area contributed by atoms with Crippen LogP contribution < -0.4 is 0 Å². The van der Waals surface area contributed by atoms with Gasteiger partial charge in [0.05, 0.1) is 26.4 Å². The molecule has 0 aromatic heterocycles. The van der Waals surface area contributed by atoms with E-state index in [9.17, 15) is 43.2 Å². The molecule has 6 atom stereocenters. The van der Waals surface area contributed by atoms with Gasteiger partial charge in [0.15, 0.2) is 12.2 Å². The number of rotatable bonds is 74. The molecule has 0 fully saturated rings. The van der Waals surface area contributed by atoms with Crippen LogP contribution in [-0.2, 0) is 65.4 Å². The molecule has 0 radical (unpaired) electrons. The molecule has 19 heteroatoms. The van der Waals surface area contributed by atoms with Gasteiger partial charge in [0.25, 0.3) is 0 Å². The smallest absolute Gasteiger partial charge is 0.462 e. The van der Waals surface area contributed by atoms with Crippen molar-refractivity contribution < 1.29 is 80.2 Å². The first-order valence-corrected chi connectivity index (χ1v) is 42.0. The predicted octanol–water partition coefficient (Wildman–Crippen LogP) is 21.9. The van der Waals surface area contributed by atoms with Crippen LogP contribution in [-0.4, -0.2) is 96.7 Å². The molecule has 0 amide bonds. The first kappa shape index (κ1) is 92.1. The molecule has 0 saturated heterocycles. The van der Waals surface area contributed by atoms with Gasteiger partial charge in [0, 0.05) is 25.7 Å². The van der Waals surface area contributed by atoms with E-state index in [0.29, 0.717) is 25.7 Å². The number of ether oxygens (including phenoxy) is 4. The number of carbonyl (C=O) groups excluding carboxylic acids is 4. The van der Waals surface area contributed by atoms with Crippen LogP contribution in [0.5, 0.6) is 0 Å². The average Bonchev–Trinajstić information content (AvgIpc) is 2.09. The Labute approximate surface area is 575 Å². The second-order valence-electron chi connectivity index (χ2n) is 27.8. The van der Waals surface area contributed by atoms with Crippen molar-refractivity contribution in [2.45, 2.75) is 407 Å². The van der Waals surface area contributed by atoms with Crippen molar-refractivity contribution in [1.82, 2.24) is 0 Å². The van der Waals surface area contributed by atoms with E-state index in [1.54, 1.807) is 0 Å². The number of aliphatic hydroxyl groups excluding tert-OH is 1. The Morgan fingerprint density at radius 1 is 0.309 bits per heavy atom. The fraction of sp³-hybridized carbons (Fsp3) is 0.947. The molecular formula is C75H146O17P2. The molecule has 3 N–H and O–H groups in total. The number of carbonyl (C=O) groups is 4. The number of phosphoric ester groups is 2. The summed E-state index contributed by atoms with van der Waals surface area (Å²) in [5.41, 5.74) is 0. The van der Waals surface area contributed by atoms with Gasteiger partial charge in [-0.1, -0.05) is 337 Å². The molecular weight excluding hydrogens is 1230 g/mol. The second kappa shape index (κ2) is 66.9. The quantitative estimate of drug-likeness (QED) is 0.0222. The van der Waals surface area contributed by atoms with Crippen LogP contribution in [0.4, 0.5) is 0 Å². The molecule has 94 heavy (non-hydrogen) atoms. The van der Waals surface area contributed by atoms with Crippen molar-refractivity contribution in [3.8, 4) is 0 Å². The van der Waals surface area contributed by atoms with Crippen LogP contribution in [0.15, 0.2) is 0 Å². The zero-order valence-electron chi connectivity index (χ0n) is 61.3. The number of phosphoric acid groups is 2. The van der Waals surface area contributed by atoms with Crippen molar-refractivity contribution in [3.05, 3.63) is 0 Å². The summed E-state index contributed by atoms with van der Waals surface area (Å²) in [7, 11) is -9.90. The zero-order chi connectivity index (χ0) is 69.3. The average molecular weight is 1380 g/mol. The van der Waals surface area contributed by atoms with Gasteiger partial charge in [-0.25, -0.2) is 9.13 Å². The van der Waals surface area contributed by atoms with Gasteiger partial charge in [-0.3, -0.25) is 37.3 Å². The lowest BCUT2D eigenvalue weighted by Crippen LogP contribution is -2.30. The van der Waals surface area contributed by atoms with Crippen LogP contribution in [0.3, 0.4) is 0 Å². The molecule has 0 heterocycles. The van der Waals surface area contributed by atoms with Crippen LogP contribution in [0.25, 0.3) is 0 Å². The second-order valence-corrected chi connectivity index (χ2v) is 30.7. The zero-order valence-corrected chi connectivity index (χ0v) is 63.1. The van der Waals surface area contributed by atoms with Crippen LogP contribution in [0.1, 0.15) is 388 Å². The molecule has 0 saturated carbocycles. The van der Waals surface area contributed by atoms with E-state index >= 15 is 0 Å². The Balaban J connectivity index is 5.15. The van der Waals surface area contributed by atoms with Gasteiger partial charge in [-0.15, -0.1) is 0 Å². The largest absolute Gasteiger partial charge is 0.472 e. The topological polar surface area (TPSA) is 237 Å². The summed E-state index contributed by atoms with van der Waals surface area (Å²) in [5, 5.41) is 10.6. The lowest BCUT2D eigenvalue weighted by atomic mass is 9.99. The first-order valence-electron chi connectivity index (χ1n) is 39.0. The van der Waals surface area contributed by atoms with Crippen molar-refractivity contribution >= 4 is 39.5 Å². The highest BCUT2D eigenvalue weighted by atomic mass is 31.2. The highest BCUT2D eigenvalue weighted by Gasteiger charge is 2.30. The fourth-order valence-electron chi connectivity index (χ4n) is 11.4. The van der Waals surface area contributed by atoms with Crippen LogP contribution >= 0.6 is 15.6 Å². The van der Waals surface area contributed by atoms with E-state index in [2.05, 4.69) is 41.5 Å². The molecule has 0 aliphatic rings. The summed E-state index contributed by atoms with van der Waals surface area (Å²) in [6.45, 7) is 9.54. The number of esters is 4. The Kier molecular flexibility index (Phi) is 65.5. The molecule has 17 nitrogen and oxygen atoms in total. The molecule has 0 aromatic carbocycles. The summed E-state index contributed by atoms with van der Waals surface area (Å²) >= 11 is 0. The number of hydrogen-bond donors (Lipinski definition) is 3. The van der Waals surface area contributed by atoms with Crippen molar-refractivity contribution in [1.29, 1.82) is 0 Å². The third-order valence-electron chi connectivity index (χ3n) is 17.8. The van der Waals surface area contributed by atoms with Crippen LogP contribution in [0.2, 0.25) is 0 Å². The Morgan fingerprint density at radius 2 is 0.543 bits per heavy atom. The fourth-order valence-corrected chi connectivity index (χ4v) is 13.0. The standard InChI is InChI=1S/C75H146O17P2/c1-7-10-12-14-15-16-17-18-19-20-21-22-26-29-35-40-46-52-58-73(78)86-64-71(92-75(80)59-53-47-41-36-30-27-24-23-25-28-34-39-45-50-56-68(6)9-3)66-90-94(83,84)88-62-69(76)61-87-93(81,82)89-65-70(63-85-72(77)57-51-43-13-11-8-2)91-74(79)60-54-48-42-37-32-31-33-38-44-49-55-67(4)5/h67-71,76H,7-66H2,1-6H3,(H,81,82)(H,83,84)/t68?,69-,70+,71+/m0/s1. The summed E-state index contributed by atoms with van der Waals surface area (Å²) in [4.78, 5) is 72.5. The Hall–Kier alpha value is -1.94. The lowest BCUT2D eigenvalue weighted by Gasteiger charge is -2.21. The molecule has 3 unspecified atom stereocenters. The molecule has 0 aromatic rings. The van der Waals surface area contributed by atoms with E-state index in [1.807, 2.05) is 0 Å². The minimum atomic E-state index is -4.95. The molecule has 0 aliphatic heterocycles. The summed E-state index contributed by atoms with van der Waals surface area (Å²) in [6, 6.07) is 0. The van der Waals surface area contributed by atoms with Crippen molar-refractivity contribution in [2.24, 2.45) is 11.8 Å². The van der Waals surface area contributed by atoms with E-state index in [4.69, 9.17) is 37.0 Å². The molecule has 0 rings (SSSR count). The highest BCUT2D eigenvalue weighted by molar-refractivity contribution is 7.47. The Bertz CT molecular complexity index is 1820. The number of unbranched alkanes of at least 4 members (excludes halogenated alkanes) is 43. The van der Waals surface area contributed by atoms with E-state index in [0.717, 1.165) is 108 Å². The van der Waals surface area contributed by atoms with Gasteiger partial charge < -0.3 is 33.8 Å². The highest BCUT2D eigenvalue weighted by Crippen LogP contribution is 2.45. The normalized spacial score (nSPS) is 14.3.